The van der Waals surface area contributed by atoms with E-state index in [-0.39, 0.29) is 5.91 Å². The van der Waals surface area contributed by atoms with Crippen LogP contribution in [0.25, 0.3) is 11.2 Å². The van der Waals surface area contributed by atoms with E-state index < -0.39 is 0 Å². The van der Waals surface area contributed by atoms with E-state index in [0.29, 0.717) is 18.7 Å². The molecule has 0 spiro atoms. The van der Waals surface area contributed by atoms with E-state index in [9.17, 15) is 4.79 Å². The zero-order valence-electron chi connectivity index (χ0n) is 13.9. The number of carbonyl (C=O) groups is 1. The molecule has 4 rings (SSSR count). The number of anilines is 1. The molecule has 3 heterocycles. The predicted octanol–water partition coefficient (Wildman–Crippen LogP) is 2.58. The Kier molecular flexibility index (Phi) is 4.05. The number of aryl methyl sites for hydroxylation is 1. The van der Waals surface area contributed by atoms with Gasteiger partial charge in [0.1, 0.15) is 5.52 Å². The van der Waals surface area contributed by atoms with E-state index >= 15 is 0 Å². The Balaban J connectivity index is 1.46. The van der Waals surface area contributed by atoms with Crippen LogP contribution in [-0.2, 0) is 7.05 Å². The summed E-state index contributed by atoms with van der Waals surface area (Å²) in [4.78, 5) is 25.5. The third-order valence-corrected chi connectivity index (χ3v) is 4.77. The van der Waals surface area contributed by atoms with Gasteiger partial charge in [-0.05, 0) is 24.3 Å². The molecule has 1 aliphatic heterocycles. The van der Waals surface area contributed by atoms with E-state index in [4.69, 9.17) is 11.6 Å². The molecule has 0 atom stereocenters. The molecule has 0 radical (unpaired) electrons. The summed E-state index contributed by atoms with van der Waals surface area (Å²) >= 11 is 6.07. The summed E-state index contributed by atoms with van der Waals surface area (Å²) in [6.07, 6.45) is 3.34. The number of imidazole rings is 1. The zero-order chi connectivity index (χ0) is 17.4. The molecule has 128 valence electrons. The Bertz CT molecular complexity index is 930. The number of benzene rings is 1. The lowest BCUT2D eigenvalue weighted by Gasteiger charge is -2.36. The Hall–Kier alpha value is -2.60. The maximum atomic E-state index is 12.8. The van der Waals surface area contributed by atoms with Crippen LogP contribution in [0.3, 0.4) is 0 Å². The average molecular weight is 356 g/mol. The summed E-state index contributed by atoms with van der Waals surface area (Å²) in [7, 11) is 1.89. The average Bonchev–Trinajstić information content (AvgIpc) is 3.02. The molecule has 7 heteroatoms. The van der Waals surface area contributed by atoms with Crippen molar-refractivity contribution < 1.29 is 4.79 Å². The number of hydrogen-bond donors (Lipinski definition) is 0. The molecule has 2 aromatic heterocycles. The van der Waals surface area contributed by atoms with Gasteiger partial charge in [-0.15, -0.1) is 0 Å². The predicted molar refractivity (Wildman–Crippen MR) is 98.1 cm³/mol. The third-order valence-electron chi connectivity index (χ3n) is 4.54. The summed E-state index contributed by atoms with van der Waals surface area (Å²) in [6, 6.07) is 9.63. The summed E-state index contributed by atoms with van der Waals surface area (Å²) in [5.74, 6) is 0.00537. The molecule has 0 unspecified atom stereocenters. The largest absolute Gasteiger partial charge is 0.368 e. The van der Waals surface area contributed by atoms with Crippen molar-refractivity contribution >= 4 is 34.4 Å². The third kappa shape index (κ3) is 3.05. The van der Waals surface area contributed by atoms with Crippen LogP contribution >= 0.6 is 11.6 Å². The van der Waals surface area contributed by atoms with Gasteiger partial charge in [0.05, 0.1) is 11.9 Å². The number of hydrogen-bond acceptors (Lipinski definition) is 4. The second kappa shape index (κ2) is 6.37. The van der Waals surface area contributed by atoms with Gasteiger partial charge in [0.15, 0.2) is 5.65 Å². The molecule has 1 saturated heterocycles. The van der Waals surface area contributed by atoms with Crippen molar-refractivity contribution in [2.24, 2.45) is 7.05 Å². The minimum absolute atomic E-state index is 0.00537. The Morgan fingerprint density at radius 1 is 1.12 bits per heavy atom. The van der Waals surface area contributed by atoms with Crippen LogP contribution in [0.2, 0.25) is 5.02 Å². The molecule has 6 nitrogen and oxygen atoms in total. The van der Waals surface area contributed by atoms with Crippen molar-refractivity contribution in [1.29, 1.82) is 0 Å². The van der Waals surface area contributed by atoms with Crippen LogP contribution in [0.15, 0.2) is 42.9 Å². The second-order valence-corrected chi connectivity index (χ2v) is 6.62. The fraction of sp³-hybridized carbons (Fsp3) is 0.278. The van der Waals surface area contributed by atoms with E-state index in [2.05, 4.69) is 14.9 Å². The quantitative estimate of drug-likeness (QED) is 0.709. The zero-order valence-corrected chi connectivity index (χ0v) is 14.6. The van der Waals surface area contributed by atoms with Crippen LogP contribution in [-0.4, -0.2) is 51.5 Å². The van der Waals surface area contributed by atoms with Crippen LogP contribution in [0.1, 0.15) is 10.4 Å². The van der Waals surface area contributed by atoms with Crippen molar-refractivity contribution in [3.05, 3.63) is 53.4 Å². The highest BCUT2D eigenvalue weighted by atomic mass is 35.5. The molecule has 0 saturated carbocycles. The van der Waals surface area contributed by atoms with Crippen LogP contribution in [0, 0.1) is 0 Å². The van der Waals surface area contributed by atoms with Crippen molar-refractivity contribution in [3.63, 3.8) is 0 Å². The smallest absolute Gasteiger partial charge is 0.255 e. The minimum atomic E-state index is 0.00537. The van der Waals surface area contributed by atoms with E-state index in [1.54, 1.807) is 12.5 Å². The molecule has 1 amide bonds. The molecule has 3 aromatic rings. The summed E-state index contributed by atoms with van der Waals surface area (Å²) < 4.78 is 1.84. The molecule has 0 bridgehead atoms. The van der Waals surface area contributed by atoms with Crippen molar-refractivity contribution in [3.8, 4) is 0 Å². The number of pyridine rings is 1. The molecule has 1 fully saturated rings. The fourth-order valence-electron chi connectivity index (χ4n) is 3.16. The first-order chi connectivity index (χ1) is 12.1. The van der Waals surface area contributed by atoms with Crippen LogP contribution < -0.4 is 4.90 Å². The number of rotatable bonds is 2. The Morgan fingerprint density at radius 3 is 2.68 bits per heavy atom. The Labute approximate surface area is 150 Å². The first-order valence-corrected chi connectivity index (χ1v) is 8.56. The lowest BCUT2D eigenvalue weighted by molar-refractivity contribution is 0.0746. The molecular formula is C18H18ClN5O. The topological polar surface area (TPSA) is 54.3 Å². The van der Waals surface area contributed by atoms with Gasteiger partial charge in [0.2, 0.25) is 0 Å². The van der Waals surface area contributed by atoms with Gasteiger partial charge >= 0.3 is 0 Å². The van der Waals surface area contributed by atoms with Gasteiger partial charge in [0.25, 0.3) is 5.91 Å². The molecule has 0 aliphatic carbocycles. The monoisotopic (exact) mass is 355 g/mol. The van der Waals surface area contributed by atoms with Gasteiger partial charge in [-0.3, -0.25) is 4.79 Å². The van der Waals surface area contributed by atoms with Crippen LogP contribution in [0.4, 0.5) is 5.69 Å². The Morgan fingerprint density at radius 2 is 1.92 bits per heavy atom. The van der Waals surface area contributed by atoms with Crippen molar-refractivity contribution in [2.75, 3.05) is 31.1 Å². The van der Waals surface area contributed by atoms with Gasteiger partial charge in [-0.1, -0.05) is 17.7 Å². The maximum Gasteiger partial charge on any atom is 0.255 e. The highest BCUT2D eigenvalue weighted by Crippen LogP contribution is 2.21. The van der Waals surface area contributed by atoms with Crippen LogP contribution in [0.5, 0.6) is 0 Å². The first-order valence-electron chi connectivity index (χ1n) is 8.19. The maximum absolute atomic E-state index is 12.8. The molecular weight excluding hydrogens is 338 g/mol. The van der Waals surface area contributed by atoms with Gasteiger partial charge in [-0.25, -0.2) is 9.97 Å². The van der Waals surface area contributed by atoms with Gasteiger partial charge in [0, 0.05) is 50.1 Å². The van der Waals surface area contributed by atoms with E-state index in [1.807, 2.05) is 46.8 Å². The highest BCUT2D eigenvalue weighted by molar-refractivity contribution is 6.30. The summed E-state index contributed by atoms with van der Waals surface area (Å²) in [6.45, 7) is 2.91. The number of carbonyl (C=O) groups excluding carboxylic acids is 1. The van der Waals surface area contributed by atoms with E-state index in [1.165, 1.54) is 0 Å². The lowest BCUT2D eigenvalue weighted by Crippen LogP contribution is -2.48. The number of piperazine rings is 1. The number of halogens is 1. The first kappa shape index (κ1) is 15.9. The fourth-order valence-corrected chi connectivity index (χ4v) is 3.34. The molecule has 1 aliphatic rings. The molecule has 1 aromatic carbocycles. The minimum Gasteiger partial charge on any atom is -0.368 e. The normalized spacial score (nSPS) is 15.0. The molecule has 25 heavy (non-hydrogen) atoms. The number of aromatic nitrogens is 3. The SMILES string of the molecule is Cn1cnc2cc(C(=O)N3CCN(c4cccc(Cl)c4)CC3)cnc21. The highest BCUT2D eigenvalue weighted by Gasteiger charge is 2.23. The second-order valence-electron chi connectivity index (χ2n) is 6.18. The van der Waals surface area contributed by atoms with Crippen molar-refractivity contribution in [1.82, 2.24) is 19.4 Å². The standard InChI is InChI=1S/C18H18ClN5O/c1-22-12-21-16-9-13(11-20-17(16)22)18(25)24-7-5-23(6-8-24)15-4-2-3-14(19)10-15/h2-4,9-12H,5-8H2,1H3. The number of amides is 1. The number of nitrogens with zero attached hydrogens (tertiary/aromatic N) is 5. The summed E-state index contributed by atoms with van der Waals surface area (Å²) in [5, 5.41) is 0.728. The van der Waals surface area contributed by atoms with Crippen molar-refractivity contribution in [2.45, 2.75) is 0 Å². The summed E-state index contributed by atoms with van der Waals surface area (Å²) in [5.41, 5.74) is 3.20. The van der Waals surface area contributed by atoms with Gasteiger partial charge in [-0.2, -0.15) is 0 Å². The number of fused-ring (bicyclic) bond motifs is 1. The molecule has 0 N–H and O–H groups in total. The lowest BCUT2D eigenvalue weighted by atomic mass is 10.2. The van der Waals surface area contributed by atoms with E-state index in [0.717, 1.165) is 35.0 Å². The van der Waals surface area contributed by atoms with Gasteiger partial charge < -0.3 is 14.4 Å².